The topological polar surface area (TPSA) is 237 Å². The molecule has 19 heteroatoms. The van der Waals surface area contributed by atoms with Crippen LogP contribution in [-0.4, -0.2) is 96.7 Å². The Morgan fingerprint density at radius 1 is 0.290 bits per heavy atom. The van der Waals surface area contributed by atoms with Crippen LogP contribution < -0.4 is 0 Å². The minimum Gasteiger partial charge on any atom is -0.462 e. The summed E-state index contributed by atoms with van der Waals surface area (Å²) in [6, 6.07) is 0. The molecule has 0 saturated carbocycles. The highest BCUT2D eigenvalue weighted by Gasteiger charge is 2.30. The van der Waals surface area contributed by atoms with E-state index in [9.17, 15) is 43.2 Å². The van der Waals surface area contributed by atoms with E-state index in [0.717, 1.165) is 108 Å². The van der Waals surface area contributed by atoms with E-state index in [0.29, 0.717) is 25.7 Å². The van der Waals surface area contributed by atoms with Gasteiger partial charge < -0.3 is 33.8 Å². The Bertz CT molecular complexity index is 1940. The minimum absolute atomic E-state index is 0.106. The number of carbonyl (C=O) groups excluding carboxylic acids is 4. The number of unbranched alkanes of at least 4 members (excludes halogenated alkanes) is 46. The summed E-state index contributed by atoms with van der Waals surface area (Å²) < 4.78 is 68.7. The van der Waals surface area contributed by atoms with Crippen LogP contribution in [0.15, 0.2) is 0 Å². The molecule has 0 saturated heterocycles. The number of phosphoric acid groups is 2. The van der Waals surface area contributed by atoms with Gasteiger partial charge in [-0.15, -0.1) is 0 Å². The first kappa shape index (κ1) is 98.1. The van der Waals surface area contributed by atoms with Crippen molar-refractivity contribution in [3.8, 4) is 0 Å². The van der Waals surface area contributed by atoms with Crippen molar-refractivity contribution in [2.75, 3.05) is 39.6 Å². The molecule has 0 aromatic carbocycles. The molecule has 0 spiro atoms. The van der Waals surface area contributed by atoms with Crippen molar-refractivity contribution in [2.45, 2.75) is 439 Å². The maximum absolute atomic E-state index is 13.1. The van der Waals surface area contributed by atoms with E-state index in [-0.39, 0.29) is 25.7 Å². The van der Waals surface area contributed by atoms with Gasteiger partial charge in [0, 0.05) is 25.7 Å². The lowest BCUT2D eigenvalue weighted by Gasteiger charge is -2.21. The van der Waals surface area contributed by atoms with Gasteiger partial charge in [-0.3, -0.25) is 37.3 Å². The summed E-state index contributed by atoms with van der Waals surface area (Å²) in [7, 11) is -9.92. The molecular formula is C81H158O17P2. The van der Waals surface area contributed by atoms with Gasteiger partial charge >= 0.3 is 39.5 Å². The highest BCUT2D eigenvalue weighted by molar-refractivity contribution is 7.47. The first-order valence-electron chi connectivity index (χ1n) is 41.9. The zero-order chi connectivity index (χ0) is 73.7. The van der Waals surface area contributed by atoms with Gasteiger partial charge in [-0.2, -0.15) is 0 Å². The van der Waals surface area contributed by atoms with E-state index in [1.807, 2.05) is 0 Å². The molecule has 0 fully saturated rings. The van der Waals surface area contributed by atoms with Crippen LogP contribution in [0.2, 0.25) is 0 Å². The molecule has 17 nitrogen and oxygen atoms in total. The Hall–Kier alpha value is -1.94. The summed E-state index contributed by atoms with van der Waals surface area (Å²) in [5.74, 6) is 0.239. The van der Waals surface area contributed by atoms with Crippen molar-refractivity contribution < 1.29 is 80.2 Å². The number of rotatable bonds is 79. The largest absolute Gasteiger partial charge is 0.472 e. The highest BCUT2D eigenvalue weighted by Crippen LogP contribution is 2.45. The smallest absolute Gasteiger partial charge is 0.462 e. The number of ether oxygens (including phenoxy) is 4. The zero-order valence-corrected chi connectivity index (χ0v) is 67.5. The second-order valence-corrected chi connectivity index (χ2v) is 33.3. The molecule has 3 unspecified atom stereocenters. The normalized spacial score (nSPS) is 14.2. The van der Waals surface area contributed by atoms with Crippen LogP contribution in [0.1, 0.15) is 421 Å². The van der Waals surface area contributed by atoms with Crippen molar-refractivity contribution >= 4 is 39.5 Å². The van der Waals surface area contributed by atoms with Crippen LogP contribution in [-0.2, 0) is 65.4 Å². The fourth-order valence-corrected chi connectivity index (χ4v) is 14.0. The Morgan fingerprint density at radius 3 is 0.760 bits per heavy atom. The number of hydrogen-bond acceptors (Lipinski definition) is 15. The molecule has 0 bridgehead atoms. The maximum Gasteiger partial charge on any atom is 0.472 e. The molecule has 6 atom stereocenters. The third-order valence-corrected chi connectivity index (χ3v) is 21.1. The first-order chi connectivity index (χ1) is 48.3. The van der Waals surface area contributed by atoms with Crippen molar-refractivity contribution in [2.24, 2.45) is 17.8 Å². The minimum atomic E-state index is -4.96. The quantitative estimate of drug-likeness (QED) is 0.0222. The number of esters is 4. The lowest BCUT2D eigenvalue weighted by molar-refractivity contribution is -0.161. The van der Waals surface area contributed by atoms with E-state index >= 15 is 0 Å². The highest BCUT2D eigenvalue weighted by atomic mass is 31.2. The molecule has 0 amide bonds. The Balaban J connectivity index is 5.26. The number of aliphatic hydroxyl groups excluding tert-OH is 1. The Morgan fingerprint density at radius 2 is 0.510 bits per heavy atom. The van der Waals surface area contributed by atoms with Crippen molar-refractivity contribution in [3.05, 3.63) is 0 Å². The maximum atomic E-state index is 13.1. The summed E-state index contributed by atoms with van der Waals surface area (Å²) in [5.41, 5.74) is 0. The van der Waals surface area contributed by atoms with E-state index in [1.54, 1.807) is 0 Å². The molecule has 0 aromatic heterocycles. The van der Waals surface area contributed by atoms with Crippen molar-refractivity contribution in [3.63, 3.8) is 0 Å². The molecule has 0 rings (SSSR count). The van der Waals surface area contributed by atoms with Crippen molar-refractivity contribution in [1.82, 2.24) is 0 Å². The molecule has 0 aliphatic rings. The van der Waals surface area contributed by atoms with Gasteiger partial charge in [0.1, 0.15) is 19.3 Å². The molecular weight excluding hydrogens is 1310 g/mol. The van der Waals surface area contributed by atoms with Crippen LogP contribution in [0, 0.1) is 17.8 Å². The zero-order valence-electron chi connectivity index (χ0n) is 65.7. The lowest BCUT2D eigenvalue weighted by atomic mass is 9.99. The van der Waals surface area contributed by atoms with Crippen LogP contribution in [0.3, 0.4) is 0 Å². The van der Waals surface area contributed by atoms with E-state index < -0.39 is 97.5 Å². The molecule has 100 heavy (non-hydrogen) atoms. The van der Waals surface area contributed by atoms with Gasteiger partial charge in [0.05, 0.1) is 26.4 Å². The van der Waals surface area contributed by atoms with Crippen LogP contribution in [0.4, 0.5) is 0 Å². The fourth-order valence-electron chi connectivity index (χ4n) is 12.5. The molecule has 3 N–H and O–H groups in total. The number of phosphoric ester groups is 2. The second-order valence-electron chi connectivity index (χ2n) is 30.4. The number of carbonyl (C=O) groups is 4. The summed E-state index contributed by atoms with van der Waals surface area (Å²) >= 11 is 0. The molecule has 0 heterocycles. The summed E-state index contributed by atoms with van der Waals surface area (Å²) in [6.45, 7) is 12.0. The van der Waals surface area contributed by atoms with E-state index in [1.165, 1.54) is 231 Å². The molecule has 594 valence electrons. The average Bonchev–Trinajstić information content (AvgIpc) is 0.940. The summed E-state index contributed by atoms with van der Waals surface area (Å²) in [5, 5.41) is 10.6. The third-order valence-electron chi connectivity index (χ3n) is 19.2. The van der Waals surface area contributed by atoms with Gasteiger partial charge in [-0.05, 0) is 43.4 Å². The van der Waals surface area contributed by atoms with Gasteiger partial charge in [-0.1, -0.05) is 370 Å². The Kier molecular flexibility index (Phi) is 69.9. The molecule has 0 aliphatic heterocycles. The van der Waals surface area contributed by atoms with Crippen LogP contribution in [0.25, 0.3) is 0 Å². The third kappa shape index (κ3) is 73.0. The molecule has 0 aliphatic carbocycles. The first-order valence-corrected chi connectivity index (χ1v) is 44.9. The van der Waals surface area contributed by atoms with Gasteiger partial charge in [0.15, 0.2) is 12.2 Å². The van der Waals surface area contributed by atoms with E-state index in [4.69, 9.17) is 37.0 Å². The fraction of sp³-hybridized carbons (Fsp3) is 0.951. The average molecular weight is 1470 g/mol. The lowest BCUT2D eigenvalue weighted by Crippen LogP contribution is -2.30. The summed E-state index contributed by atoms with van der Waals surface area (Å²) in [4.78, 5) is 73.1. The standard InChI is InChI=1S/C81H158O17P2/c1-8-10-11-12-13-14-15-16-17-18-22-28-33-41-48-55-62-78(83)91-68-76(97-80(85)64-57-50-43-34-29-23-20-19-21-27-32-40-47-54-61-74(7)9-2)70-95-99(87,88)93-66-75(82)67-94-100(89,90)96-71-77(69-92-79(84)63-56-49-42-37-36-39-46-53-60-73(5)6)98-81(86)65-58-51-44-35-30-25-24-26-31-38-45-52-59-72(3)4/h72-77,82H,8-71H2,1-7H3,(H,87,88)(H,89,90)/t74?,75-,76-,77-/m1/s1. The second kappa shape index (κ2) is 71.3. The number of aliphatic hydroxyl groups is 1. The monoisotopic (exact) mass is 1470 g/mol. The SMILES string of the molecule is CCCCCCCCCCCCCCCCCCC(=O)OC[C@H](COP(=O)(O)OC[C@@H](O)COP(=O)(O)OC[C@@H](COC(=O)CCCCCCCCCCC(C)C)OC(=O)CCCCCCCCCCCCCCC(C)C)OC(=O)CCCCCCCCCCCCCCCCC(C)CC. The molecule has 0 radical (unpaired) electrons. The molecule has 0 aromatic rings. The summed E-state index contributed by atoms with van der Waals surface area (Å²) in [6.07, 6.45) is 59.5. The number of hydrogen-bond donors (Lipinski definition) is 3. The predicted octanol–water partition coefficient (Wildman–Crippen LogP) is 24.1. The van der Waals surface area contributed by atoms with Gasteiger partial charge in [0.25, 0.3) is 0 Å². The Labute approximate surface area is 613 Å². The van der Waals surface area contributed by atoms with Gasteiger partial charge in [-0.25, -0.2) is 9.13 Å². The van der Waals surface area contributed by atoms with E-state index in [2.05, 4.69) is 48.5 Å². The van der Waals surface area contributed by atoms with Crippen LogP contribution in [0.5, 0.6) is 0 Å². The van der Waals surface area contributed by atoms with Crippen molar-refractivity contribution in [1.29, 1.82) is 0 Å². The van der Waals surface area contributed by atoms with Crippen LogP contribution >= 0.6 is 15.6 Å². The van der Waals surface area contributed by atoms with Gasteiger partial charge in [0.2, 0.25) is 0 Å². The predicted molar refractivity (Wildman–Crippen MR) is 409 cm³/mol.